The van der Waals surface area contributed by atoms with Crippen molar-refractivity contribution in [2.45, 2.75) is 19.9 Å². The quantitative estimate of drug-likeness (QED) is 0.842. The van der Waals surface area contributed by atoms with Gasteiger partial charge in [-0.05, 0) is 29.8 Å². The van der Waals surface area contributed by atoms with Crippen LogP contribution in [-0.4, -0.2) is 25.2 Å². The SMILES string of the molecule is CC(=O)N(CCC(=O)NCc1ccc2c(c1)OCO2)c1ccc(F)c(F)c1. The van der Waals surface area contributed by atoms with Gasteiger partial charge >= 0.3 is 0 Å². The first kappa shape index (κ1) is 18.6. The summed E-state index contributed by atoms with van der Waals surface area (Å²) in [7, 11) is 0. The van der Waals surface area contributed by atoms with Gasteiger partial charge in [-0.3, -0.25) is 9.59 Å². The minimum absolute atomic E-state index is 0.0170. The molecule has 0 aromatic heterocycles. The number of rotatable bonds is 6. The Labute approximate surface area is 154 Å². The van der Waals surface area contributed by atoms with E-state index in [2.05, 4.69) is 5.32 Å². The van der Waals surface area contributed by atoms with E-state index in [-0.39, 0.29) is 37.3 Å². The van der Waals surface area contributed by atoms with Crippen molar-refractivity contribution in [3.05, 3.63) is 53.6 Å². The second kappa shape index (κ2) is 8.03. The number of anilines is 1. The Morgan fingerprint density at radius 3 is 2.59 bits per heavy atom. The standard InChI is InChI=1S/C19H18F2N2O4/c1-12(24)23(14-3-4-15(20)16(21)9-14)7-6-19(25)22-10-13-2-5-17-18(8-13)27-11-26-17/h2-5,8-9H,6-7,10-11H2,1H3,(H,22,25). The molecule has 0 spiro atoms. The van der Waals surface area contributed by atoms with Crippen LogP contribution in [-0.2, 0) is 16.1 Å². The molecule has 0 radical (unpaired) electrons. The molecule has 3 rings (SSSR count). The lowest BCUT2D eigenvalue weighted by Gasteiger charge is -2.21. The molecule has 0 aliphatic carbocycles. The van der Waals surface area contributed by atoms with E-state index in [9.17, 15) is 18.4 Å². The normalized spacial score (nSPS) is 12.0. The maximum Gasteiger partial charge on any atom is 0.231 e. The molecule has 0 atom stereocenters. The fourth-order valence-electron chi connectivity index (χ4n) is 2.67. The Kier molecular flexibility index (Phi) is 5.54. The van der Waals surface area contributed by atoms with Gasteiger partial charge < -0.3 is 19.7 Å². The number of amides is 2. The molecule has 27 heavy (non-hydrogen) atoms. The van der Waals surface area contributed by atoms with Crippen LogP contribution in [0.5, 0.6) is 11.5 Å². The third kappa shape index (κ3) is 4.52. The predicted molar refractivity (Wildman–Crippen MR) is 93.4 cm³/mol. The second-order valence-corrected chi connectivity index (χ2v) is 5.98. The summed E-state index contributed by atoms with van der Waals surface area (Å²) in [6.07, 6.45) is 0.0170. The van der Waals surface area contributed by atoms with Gasteiger partial charge in [0.2, 0.25) is 18.6 Å². The minimum atomic E-state index is -1.05. The van der Waals surface area contributed by atoms with Crippen LogP contribution >= 0.6 is 0 Å². The van der Waals surface area contributed by atoms with E-state index in [0.717, 1.165) is 17.7 Å². The molecule has 0 bridgehead atoms. The van der Waals surface area contributed by atoms with Crippen molar-refractivity contribution in [3.63, 3.8) is 0 Å². The Hall–Kier alpha value is -3.16. The number of carbonyl (C=O) groups excluding carboxylic acids is 2. The van der Waals surface area contributed by atoms with E-state index in [4.69, 9.17) is 9.47 Å². The number of benzene rings is 2. The molecule has 1 heterocycles. The summed E-state index contributed by atoms with van der Waals surface area (Å²) < 4.78 is 37.0. The molecule has 2 amide bonds. The zero-order chi connectivity index (χ0) is 19.4. The van der Waals surface area contributed by atoms with Crippen LogP contribution in [0.4, 0.5) is 14.5 Å². The second-order valence-electron chi connectivity index (χ2n) is 5.98. The molecule has 0 saturated heterocycles. The first-order valence-electron chi connectivity index (χ1n) is 8.32. The first-order chi connectivity index (χ1) is 12.9. The summed E-state index contributed by atoms with van der Waals surface area (Å²) in [5, 5.41) is 2.75. The predicted octanol–water partition coefficient (Wildman–Crippen LogP) is 2.75. The average Bonchev–Trinajstić information content (AvgIpc) is 3.10. The van der Waals surface area contributed by atoms with Crippen LogP contribution in [0, 0.1) is 11.6 Å². The molecule has 0 fully saturated rings. The number of hydrogen-bond donors (Lipinski definition) is 1. The highest BCUT2D eigenvalue weighted by atomic mass is 19.2. The van der Waals surface area contributed by atoms with Crippen LogP contribution in [0.25, 0.3) is 0 Å². The average molecular weight is 376 g/mol. The lowest BCUT2D eigenvalue weighted by Crippen LogP contribution is -2.33. The minimum Gasteiger partial charge on any atom is -0.454 e. The van der Waals surface area contributed by atoms with E-state index in [1.807, 2.05) is 6.07 Å². The maximum absolute atomic E-state index is 13.4. The van der Waals surface area contributed by atoms with Gasteiger partial charge in [0, 0.05) is 38.2 Å². The Morgan fingerprint density at radius 1 is 1.07 bits per heavy atom. The molecule has 2 aromatic rings. The zero-order valence-corrected chi connectivity index (χ0v) is 14.6. The van der Waals surface area contributed by atoms with E-state index < -0.39 is 11.6 Å². The maximum atomic E-state index is 13.4. The number of fused-ring (bicyclic) bond motifs is 1. The molecule has 0 unspecified atom stereocenters. The van der Waals surface area contributed by atoms with Crippen LogP contribution < -0.4 is 19.7 Å². The van der Waals surface area contributed by atoms with Gasteiger partial charge in [0.25, 0.3) is 0 Å². The van der Waals surface area contributed by atoms with E-state index >= 15 is 0 Å². The summed E-state index contributed by atoms with van der Waals surface area (Å²) in [4.78, 5) is 25.1. The Balaban J connectivity index is 1.55. The van der Waals surface area contributed by atoms with Crippen molar-refractivity contribution in [2.75, 3.05) is 18.2 Å². The lowest BCUT2D eigenvalue weighted by molar-refractivity contribution is -0.121. The summed E-state index contributed by atoms with van der Waals surface area (Å²) >= 11 is 0. The number of nitrogens with zero attached hydrogens (tertiary/aromatic N) is 1. The zero-order valence-electron chi connectivity index (χ0n) is 14.6. The van der Waals surface area contributed by atoms with Gasteiger partial charge in [-0.2, -0.15) is 0 Å². The highest BCUT2D eigenvalue weighted by Crippen LogP contribution is 2.32. The number of nitrogens with one attached hydrogen (secondary N) is 1. The van der Waals surface area contributed by atoms with Crippen molar-refractivity contribution < 1.29 is 27.8 Å². The van der Waals surface area contributed by atoms with Crippen molar-refractivity contribution in [2.24, 2.45) is 0 Å². The summed E-state index contributed by atoms with van der Waals surface area (Å²) in [6, 6.07) is 8.54. The van der Waals surface area contributed by atoms with Crippen LogP contribution in [0.1, 0.15) is 18.9 Å². The highest BCUT2D eigenvalue weighted by Gasteiger charge is 2.16. The highest BCUT2D eigenvalue weighted by molar-refractivity contribution is 5.92. The van der Waals surface area contributed by atoms with Gasteiger partial charge in [-0.1, -0.05) is 6.07 Å². The van der Waals surface area contributed by atoms with Crippen molar-refractivity contribution >= 4 is 17.5 Å². The molecule has 1 aliphatic rings. The molecule has 6 nitrogen and oxygen atoms in total. The Morgan fingerprint density at radius 2 is 1.85 bits per heavy atom. The molecule has 8 heteroatoms. The number of carbonyl (C=O) groups is 2. The first-order valence-corrected chi connectivity index (χ1v) is 8.32. The van der Waals surface area contributed by atoms with E-state index in [1.54, 1.807) is 12.1 Å². The molecule has 142 valence electrons. The Bertz CT molecular complexity index is 873. The fourth-order valence-corrected chi connectivity index (χ4v) is 2.67. The van der Waals surface area contributed by atoms with Gasteiger partial charge in [0.1, 0.15) is 0 Å². The van der Waals surface area contributed by atoms with Crippen LogP contribution in [0.2, 0.25) is 0 Å². The van der Waals surface area contributed by atoms with Crippen molar-refractivity contribution in [1.82, 2.24) is 5.32 Å². The molecular weight excluding hydrogens is 358 g/mol. The van der Waals surface area contributed by atoms with Crippen molar-refractivity contribution in [3.8, 4) is 11.5 Å². The van der Waals surface area contributed by atoms with Crippen LogP contribution in [0.15, 0.2) is 36.4 Å². The van der Waals surface area contributed by atoms with E-state index in [0.29, 0.717) is 18.0 Å². The van der Waals surface area contributed by atoms with Gasteiger partial charge in [0.05, 0.1) is 0 Å². The topological polar surface area (TPSA) is 67.9 Å². The monoisotopic (exact) mass is 376 g/mol. The molecule has 1 aliphatic heterocycles. The third-order valence-electron chi connectivity index (χ3n) is 4.08. The van der Waals surface area contributed by atoms with E-state index in [1.165, 1.54) is 17.9 Å². The van der Waals surface area contributed by atoms with Gasteiger partial charge in [0.15, 0.2) is 23.1 Å². The fraction of sp³-hybridized carbons (Fsp3) is 0.263. The lowest BCUT2D eigenvalue weighted by atomic mass is 10.2. The number of halogens is 2. The molecule has 0 saturated carbocycles. The smallest absolute Gasteiger partial charge is 0.231 e. The summed E-state index contributed by atoms with van der Waals surface area (Å²) in [5.41, 5.74) is 1.04. The summed E-state index contributed by atoms with van der Waals surface area (Å²) in [6.45, 7) is 1.82. The van der Waals surface area contributed by atoms with Crippen molar-refractivity contribution in [1.29, 1.82) is 0 Å². The molecular formula is C19H18F2N2O4. The van der Waals surface area contributed by atoms with Crippen LogP contribution in [0.3, 0.4) is 0 Å². The number of hydrogen-bond acceptors (Lipinski definition) is 4. The largest absolute Gasteiger partial charge is 0.454 e. The summed E-state index contributed by atoms with van der Waals surface area (Å²) in [5.74, 6) is -1.41. The molecule has 2 aromatic carbocycles. The van der Waals surface area contributed by atoms with Gasteiger partial charge in [-0.15, -0.1) is 0 Å². The third-order valence-corrected chi connectivity index (χ3v) is 4.08. The van der Waals surface area contributed by atoms with Gasteiger partial charge in [-0.25, -0.2) is 8.78 Å². The number of ether oxygens (including phenoxy) is 2. The molecule has 1 N–H and O–H groups in total.